The normalized spacial score (nSPS) is 13.8. The Morgan fingerprint density at radius 3 is 3.00 bits per heavy atom. The summed E-state index contributed by atoms with van der Waals surface area (Å²) in [7, 11) is 0. The number of benzene rings is 1. The number of rotatable bonds is 3. The zero-order valence-corrected chi connectivity index (χ0v) is 9.88. The highest BCUT2D eigenvalue weighted by atomic mass is 16.2. The summed E-state index contributed by atoms with van der Waals surface area (Å²) in [5, 5.41) is 5.63. The minimum absolute atomic E-state index is 0.00442. The summed E-state index contributed by atoms with van der Waals surface area (Å²) in [5.41, 5.74) is 3.29. The van der Waals surface area contributed by atoms with Crippen LogP contribution in [-0.4, -0.2) is 18.4 Å². The highest BCUT2D eigenvalue weighted by Gasteiger charge is 2.14. The van der Waals surface area contributed by atoms with Crippen molar-refractivity contribution in [2.45, 2.75) is 26.2 Å². The van der Waals surface area contributed by atoms with Gasteiger partial charge in [0.25, 0.3) is 0 Å². The van der Waals surface area contributed by atoms with Gasteiger partial charge in [0.15, 0.2) is 0 Å². The first-order valence-electron chi connectivity index (χ1n) is 5.81. The Kier molecular flexibility index (Phi) is 3.42. The minimum Gasteiger partial charge on any atom is -0.356 e. The van der Waals surface area contributed by atoms with Crippen LogP contribution in [0.15, 0.2) is 18.2 Å². The fourth-order valence-corrected chi connectivity index (χ4v) is 1.98. The first kappa shape index (κ1) is 11.6. The van der Waals surface area contributed by atoms with E-state index in [1.165, 1.54) is 18.1 Å². The maximum Gasteiger partial charge on any atom is 0.224 e. The first-order chi connectivity index (χ1) is 8.15. The van der Waals surface area contributed by atoms with Crippen LogP contribution in [0.5, 0.6) is 0 Å². The second-order valence-corrected chi connectivity index (χ2v) is 4.27. The van der Waals surface area contributed by atoms with Gasteiger partial charge in [-0.2, -0.15) is 0 Å². The third-order valence-electron chi connectivity index (χ3n) is 2.85. The number of carbonyl (C=O) groups excluding carboxylic acids is 2. The largest absolute Gasteiger partial charge is 0.356 e. The van der Waals surface area contributed by atoms with E-state index >= 15 is 0 Å². The van der Waals surface area contributed by atoms with Crippen molar-refractivity contribution in [2.24, 2.45) is 0 Å². The molecule has 1 aliphatic heterocycles. The average Bonchev–Trinajstić information content (AvgIpc) is 2.29. The molecule has 2 N–H and O–H groups in total. The molecule has 0 atom stereocenters. The van der Waals surface area contributed by atoms with Crippen molar-refractivity contribution in [3.8, 4) is 0 Å². The van der Waals surface area contributed by atoms with Gasteiger partial charge in [-0.1, -0.05) is 12.1 Å². The van der Waals surface area contributed by atoms with Crippen molar-refractivity contribution in [2.75, 3.05) is 11.9 Å². The lowest BCUT2D eigenvalue weighted by Gasteiger charge is -2.17. The summed E-state index contributed by atoms with van der Waals surface area (Å²) in [6, 6.07) is 6.04. The fourth-order valence-electron chi connectivity index (χ4n) is 1.98. The Morgan fingerprint density at radius 2 is 2.24 bits per heavy atom. The van der Waals surface area contributed by atoms with E-state index in [1.807, 2.05) is 12.1 Å². The lowest BCUT2D eigenvalue weighted by molar-refractivity contribution is -0.119. The molecule has 90 valence electrons. The average molecular weight is 232 g/mol. The van der Waals surface area contributed by atoms with E-state index in [-0.39, 0.29) is 11.8 Å². The molecule has 0 saturated heterocycles. The number of fused-ring (bicyclic) bond motifs is 1. The van der Waals surface area contributed by atoms with Gasteiger partial charge in [0, 0.05) is 25.6 Å². The molecule has 0 fully saturated rings. The zero-order valence-electron chi connectivity index (χ0n) is 9.88. The lowest BCUT2D eigenvalue weighted by atomic mass is 9.99. The molecule has 0 aliphatic carbocycles. The molecule has 0 saturated carbocycles. The quantitative estimate of drug-likeness (QED) is 0.824. The summed E-state index contributed by atoms with van der Waals surface area (Å²) >= 11 is 0. The van der Waals surface area contributed by atoms with E-state index in [0.29, 0.717) is 13.0 Å². The van der Waals surface area contributed by atoms with E-state index in [9.17, 15) is 9.59 Å². The summed E-state index contributed by atoms with van der Waals surface area (Å²) in [4.78, 5) is 21.9. The molecule has 1 aromatic carbocycles. The van der Waals surface area contributed by atoms with E-state index in [4.69, 9.17) is 0 Å². The van der Waals surface area contributed by atoms with Gasteiger partial charge in [-0.05, 0) is 30.0 Å². The molecule has 4 heteroatoms. The van der Waals surface area contributed by atoms with E-state index in [1.54, 1.807) is 0 Å². The molecule has 0 radical (unpaired) electrons. The van der Waals surface area contributed by atoms with Crippen LogP contribution < -0.4 is 10.6 Å². The molecular weight excluding hydrogens is 216 g/mol. The highest BCUT2D eigenvalue weighted by molar-refractivity contribution is 5.93. The molecule has 2 rings (SSSR count). The molecule has 0 unspecified atom stereocenters. The summed E-state index contributed by atoms with van der Waals surface area (Å²) in [6.07, 6.45) is 2.18. The lowest BCUT2D eigenvalue weighted by Crippen LogP contribution is -2.23. The molecule has 1 aromatic rings. The third kappa shape index (κ3) is 3.06. The molecule has 0 bridgehead atoms. The molecular formula is C13H16N2O2. The number of hydrogen-bond donors (Lipinski definition) is 2. The topological polar surface area (TPSA) is 58.2 Å². The van der Waals surface area contributed by atoms with Crippen LogP contribution in [0.1, 0.15) is 24.5 Å². The van der Waals surface area contributed by atoms with Gasteiger partial charge in [-0.25, -0.2) is 0 Å². The molecule has 1 heterocycles. The second-order valence-electron chi connectivity index (χ2n) is 4.27. The Balaban J connectivity index is 2.01. The van der Waals surface area contributed by atoms with Crippen LogP contribution in [0.3, 0.4) is 0 Å². The van der Waals surface area contributed by atoms with Gasteiger partial charge in [0.1, 0.15) is 0 Å². The molecule has 0 aromatic heterocycles. The Morgan fingerprint density at radius 1 is 1.41 bits per heavy atom. The molecule has 1 aliphatic rings. The number of hydrogen-bond acceptors (Lipinski definition) is 2. The van der Waals surface area contributed by atoms with Gasteiger partial charge in [0.05, 0.1) is 0 Å². The molecule has 17 heavy (non-hydrogen) atoms. The number of amides is 2. The predicted molar refractivity (Wildman–Crippen MR) is 65.8 cm³/mol. The fraction of sp³-hybridized carbons (Fsp3) is 0.385. The van der Waals surface area contributed by atoms with Crippen molar-refractivity contribution in [3.63, 3.8) is 0 Å². The third-order valence-corrected chi connectivity index (χ3v) is 2.85. The van der Waals surface area contributed by atoms with Gasteiger partial charge in [-0.15, -0.1) is 0 Å². The Labute approximate surface area is 100 Å². The van der Waals surface area contributed by atoms with Crippen molar-refractivity contribution in [3.05, 3.63) is 29.3 Å². The van der Waals surface area contributed by atoms with E-state index in [2.05, 4.69) is 16.7 Å². The van der Waals surface area contributed by atoms with Gasteiger partial charge < -0.3 is 10.6 Å². The smallest absolute Gasteiger partial charge is 0.224 e. The summed E-state index contributed by atoms with van der Waals surface area (Å²) < 4.78 is 0. The SMILES string of the molecule is CC(=O)NCCc1ccc2c(c1)CCC(=O)N2. The Bertz CT molecular complexity index is 455. The summed E-state index contributed by atoms with van der Waals surface area (Å²) in [6.45, 7) is 2.17. The van der Waals surface area contributed by atoms with Crippen molar-refractivity contribution in [1.29, 1.82) is 0 Å². The summed E-state index contributed by atoms with van der Waals surface area (Å²) in [5.74, 6) is 0.0821. The monoisotopic (exact) mass is 232 g/mol. The molecule has 2 amide bonds. The van der Waals surface area contributed by atoms with Crippen molar-refractivity contribution >= 4 is 17.5 Å². The van der Waals surface area contributed by atoms with Gasteiger partial charge in [-0.3, -0.25) is 9.59 Å². The predicted octanol–water partition coefficient (Wildman–Crippen LogP) is 1.25. The maximum absolute atomic E-state index is 11.2. The number of nitrogens with one attached hydrogen (secondary N) is 2. The van der Waals surface area contributed by atoms with Crippen molar-refractivity contribution in [1.82, 2.24) is 5.32 Å². The van der Waals surface area contributed by atoms with E-state index < -0.39 is 0 Å². The van der Waals surface area contributed by atoms with Crippen LogP contribution in [0.2, 0.25) is 0 Å². The highest BCUT2D eigenvalue weighted by Crippen LogP contribution is 2.23. The van der Waals surface area contributed by atoms with E-state index in [0.717, 1.165) is 18.5 Å². The zero-order chi connectivity index (χ0) is 12.3. The number of carbonyl (C=O) groups is 2. The van der Waals surface area contributed by atoms with Crippen LogP contribution in [0, 0.1) is 0 Å². The van der Waals surface area contributed by atoms with Gasteiger partial charge in [0.2, 0.25) is 11.8 Å². The number of anilines is 1. The molecule has 0 spiro atoms. The van der Waals surface area contributed by atoms with Crippen LogP contribution >= 0.6 is 0 Å². The Hall–Kier alpha value is -1.84. The second kappa shape index (κ2) is 4.99. The van der Waals surface area contributed by atoms with Crippen molar-refractivity contribution < 1.29 is 9.59 Å². The standard InChI is InChI=1S/C13H16N2O2/c1-9(16)14-7-6-10-2-4-12-11(8-10)3-5-13(17)15-12/h2,4,8H,3,5-7H2,1H3,(H,14,16)(H,15,17). The van der Waals surface area contributed by atoms with Gasteiger partial charge >= 0.3 is 0 Å². The first-order valence-corrected chi connectivity index (χ1v) is 5.81. The number of aryl methyl sites for hydroxylation is 1. The van der Waals surface area contributed by atoms with Crippen LogP contribution in [0.25, 0.3) is 0 Å². The minimum atomic E-state index is -0.00442. The van der Waals surface area contributed by atoms with Crippen LogP contribution in [0.4, 0.5) is 5.69 Å². The molecule has 4 nitrogen and oxygen atoms in total. The maximum atomic E-state index is 11.2. The van der Waals surface area contributed by atoms with Crippen LogP contribution in [-0.2, 0) is 22.4 Å².